The number of hydrogen-bond donors (Lipinski definition) is 1. The van der Waals surface area contributed by atoms with E-state index in [0.29, 0.717) is 5.82 Å². The Balaban J connectivity index is 1.95. The lowest BCUT2D eigenvalue weighted by Gasteiger charge is -1.98. The minimum atomic E-state index is 0.586. The summed E-state index contributed by atoms with van der Waals surface area (Å²) in [4.78, 5) is 4.22. The number of halogens is 1. The largest absolute Gasteiger partial charge is 0.384 e. The highest BCUT2D eigenvalue weighted by Crippen LogP contribution is 2.15. The Bertz CT molecular complexity index is 688. The smallest absolute Gasteiger partial charge is 0.157 e. The maximum atomic E-state index is 5.85. The van der Waals surface area contributed by atoms with Gasteiger partial charge in [0.05, 0.1) is 5.69 Å². The molecule has 5 heteroatoms. The topological polar surface area (TPSA) is 56.2 Å². The summed E-state index contributed by atoms with van der Waals surface area (Å²) in [6.07, 6.45) is 2.42. The molecule has 0 atom stereocenters. The van der Waals surface area contributed by atoms with Crippen molar-refractivity contribution in [3.8, 4) is 0 Å². The van der Waals surface area contributed by atoms with Gasteiger partial charge in [-0.15, -0.1) is 0 Å². The van der Waals surface area contributed by atoms with Crippen LogP contribution < -0.4 is 5.73 Å². The van der Waals surface area contributed by atoms with Crippen LogP contribution in [-0.2, 0) is 6.42 Å². The minimum Gasteiger partial charge on any atom is -0.384 e. The first kappa shape index (κ1) is 11.0. The number of rotatable bonds is 2. The van der Waals surface area contributed by atoms with Gasteiger partial charge in [0.1, 0.15) is 5.82 Å². The van der Waals surface area contributed by atoms with Crippen molar-refractivity contribution in [1.82, 2.24) is 14.6 Å². The zero-order valence-corrected chi connectivity index (χ0v) is 10.3. The second-order valence-corrected chi connectivity index (χ2v) is 4.52. The molecule has 0 aliphatic rings. The minimum absolute atomic E-state index is 0.586. The number of hydrogen-bond acceptors (Lipinski definition) is 3. The van der Waals surface area contributed by atoms with Crippen molar-refractivity contribution in [3.05, 3.63) is 58.9 Å². The summed E-state index contributed by atoms with van der Waals surface area (Å²) in [6, 6.07) is 11.4. The van der Waals surface area contributed by atoms with E-state index >= 15 is 0 Å². The van der Waals surface area contributed by atoms with Gasteiger partial charge in [-0.25, -0.2) is 4.98 Å². The van der Waals surface area contributed by atoms with Crippen molar-refractivity contribution in [3.63, 3.8) is 0 Å². The zero-order chi connectivity index (χ0) is 12.5. The van der Waals surface area contributed by atoms with Crippen molar-refractivity contribution in [2.75, 3.05) is 5.73 Å². The first-order valence-electron chi connectivity index (χ1n) is 5.56. The van der Waals surface area contributed by atoms with Crippen molar-refractivity contribution in [2.45, 2.75) is 6.42 Å². The fraction of sp³-hybridized carbons (Fsp3) is 0.0769. The monoisotopic (exact) mass is 258 g/mol. The zero-order valence-electron chi connectivity index (χ0n) is 9.55. The molecule has 0 aliphatic heterocycles. The summed E-state index contributed by atoms with van der Waals surface area (Å²) >= 11 is 5.85. The van der Waals surface area contributed by atoms with E-state index in [1.54, 1.807) is 16.8 Å². The van der Waals surface area contributed by atoms with Crippen LogP contribution in [0.15, 0.2) is 42.6 Å². The highest BCUT2D eigenvalue weighted by atomic mass is 35.5. The molecule has 3 rings (SSSR count). The lowest BCUT2D eigenvalue weighted by molar-refractivity contribution is 0.907. The molecule has 0 saturated heterocycles. The van der Waals surface area contributed by atoms with Gasteiger partial charge >= 0.3 is 0 Å². The summed E-state index contributed by atoms with van der Waals surface area (Å²) in [5, 5.41) is 5.16. The Morgan fingerprint density at radius 2 is 1.94 bits per heavy atom. The molecule has 0 unspecified atom stereocenters. The molecule has 2 heterocycles. The van der Waals surface area contributed by atoms with E-state index in [1.165, 1.54) is 0 Å². The second kappa shape index (κ2) is 4.31. The van der Waals surface area contributed by atoms with Gasteiger partial charge in [-0.3, -0.25) is 0 Å². The van der Waals surface area contributed by atoms with E-state index in [1.807, 2.05) is 30.3 Å². The maximum absolute atomic E-state index is 5.85. The molecule has 0 aliphatic carbocycles. The van der Waals surface area contributed by atoms with E-state index in [4.69, 9.17) is 17.3 Å². The number of anilines is 1. The lowest BCUT2D eigenvalue weighted by atomic mass is 10.1. The fourth-order valence-electron chi connectivity index (χ4n) is 1.86. The van der Waals surface area contributed by atoms with Gasteiger partial charge in [-0.05, 0) is 23.8 Å². The van der Waals surface area contributed by atoms with Gasteiger partial charge < -0.3 is 5.73 Å². The van der Waals surface area contributed by atoms with Crippen LogP contribution in [0.3, 0.4) is 0 Å². The number of benzene rings is 1. The molecule has 2 aromatic heterocycles. The average Bonchev–Trinajstić information content (AvgIpc) is 2.76. The van der Waals surface area contributed by atoms with Crippen LogP contribution in [0.5, 0.6) is 0 Å². The van der Waals surface area contributed by atoms with Crippen molar-refractivity contribution < 1.29 is 0 Å². The maximum Gasteiger partial charge on any atom is 0.157 e. The van der Waals surface area contributed by atoms with Crippen LogP contribution in [0.4, 0.5) is 5.82 Å². The normalized spacial score (nSPS) is 10.9. The van der Waals surface area contributed by atoms with Crippen molar-refractivity contribution >= 4 is 23.1 Å². The number of aromatic nitrogens is 3. The average molecular weight is 259 g/mol. The summed E-state index contributed by atoms with van der Waals surface area (Å²) in [6.45, 7) is 0. The van der Waals surface area contributed by atoms with Crippen LogP contribution >= 0.6 is 11.6 Å². The Morgan fingerprint density at radius 3 is 2.67 bits per heavy atom. The van der Waals surface area contributed by atoms with Crippen LogP contribution in [0.1, 0.15) is 11.3 Å². The van der Waals surface area contributed by atoms with Gasteiger partial charge in [0.25, 0.3) is 0 Å². The third-order valence-electron chi connectivity index (χ3n) is 2.74. The van der Waals surface area contributed by atoms with Gasteiger partial charge in [0.15, 0.2) is 5.65 Å². The van der Waals surface area contributed by atoms with Gasteiger partial charge in [-0.2, -0.15) is 9.61 Å². The van der Waals surface area contributed by atoms with E-state index < -0.39 is 0 Å². The molecule has 0 saturated carbocycles. The summed E-state index contributed by atoms with van der Waals surface area (Å²) in [5.74, 6) is 0.586. The van der Waals surface area contributed by atoms with E-state index in [-0.39, 0.29) is 0 Å². The van der Waals surface area contributed by atoms with Crippen LogP contribution in [-0.4, -0.2) is 14.6 Å². The number of nitrogen functional groups attached to an aromatic ring is 1. The molecule has 3 aromatic rings. The van der Waals surface area contributed by atoms with Gasteiger partial charge in [0.2, 0.25) is 0 Å². The predicted octanol–water partition coefficient (Wildman–Crippen LogP) is 2.56. The first-order valence-corrected chi connectivity index (χ1v) is 5.94. The molecular weight excluding hydrogens is 248 g/mol. The third kappa shape index (κ3) is 2.02. The fourth-order valence-corrected chi connectivity index (χ4v) is 1.99. The van der Waals surface area contributed by atoms with Crippen molar-refractivity contribution in [1.29, 1.82) is 0 Å². The Hall–Kier alpha value is -2.07. The summed E-state index contributed by atoms with van der Waals surface area (Å²) in [5.41, 5.74) is 8.68. The van der Waals surface area contributed by atoms with Gasteiger partial charge in [-0.1, -0.05) is 23.7 Å². The molecule has 4 nitrogen and oxygen atoms in total. The standard InChI is InChI=1S/C13H11ClN4/c14-10-3-1-9(2-4-10)7-11-8-13-16-6-5-12(15)18(13)17-11/h1-6,8H,7,15H2. The third-order valence-corrected chi connectivity index (χ3v) is 2.99. The highest BCUT2D eigenvalue weighted by Gasteiger charge is 2.05. The predicted molar refractivity (Wildman–Crippen MR) is 71.7 cm³/mol. The van der Waals surface area contributed by atoms with Crippen LogP contribution in [0.25, 0.3) is 5.65 Å². The van der Waals surface area contributed by atoms with Gasteiger partial charge in [0, 0.05) is 23.7 Å². The van der Waals surface area contributed by atoms with E-state index in [2.05, 4.69) is 10.1 Å². The SMILES string of the molecule is Nc1ccnc2cc(Cc3ccc(Cl)cc3)nn12. The molecular formula is C13H11ClN4. The Morgan fingerprint density at radius 1 is 1.17 bits per heavy atom. The van der Waals surface area contributed by atoms with Crippen LogP contribution in [0, 0.1) is 0 Å². The van der Waals surface area contributed by atoms with E-state index in [0.717, 1.165) is 28.3 Å². The number of nitrogens with two attached hydrogens (primary N) is 1. The van der Waals surface area contributed by atoms with E-state index in [9.17, 15) is 0 Å². The van der Waals surface area contributed by atoms with Crippen molar-refractivity contribution in [2.24, 2.45) is 0 Å². The highest BCUT2D eigenvalue weighted by molar-refractivity contribution is 6.30. The quantitative estimate of drug-likeness (QED) is 0.769. The molecule has 0 bridgehead atoms. The molecule has 0 amide bonds. The number of fused-ring (bicyclic) bond motifs is 1. The molecule has 2 N–H and O–H groups in total. The Labute approximate surface area is 109 Å². The second-order valence-electron chi connectivity index (χ2n) is 4.08. The molecule has 0 radical (unpaired) electrons. The first-order chi connectivity index (χ1) is 8.72. The number of nitrogens with zero attached hydrogens (tertiary/aromatic N) is 3. The summed E-state index contributed by atoms with van der Waals surface area (Å²) < 4.78 is 1.64. The lowest BCUT2D eigenvalue weighted by Crippen LogP contribution is -1.99. The molecule has 1 aromatic carbocycles. The summed E-state index contributed by atoms with van der Waals surface area (Å²) in [7, 11) is 0. The Kier molecular flexibility index (Phi) is 2.64. The molecule has 90 valence electrons. The molecule has 18 heavy (non-hydrogen) atoms. The van der Waals surface area contributed by atoms with Crippen LogP contribution in [0.2, 0.25) is 5.02 Å². The molecule has 0 fully saturated rings. The molecule has 0 spiro atoms.